The van der Waals surface area contributed by atoms with Crippen LogP contribution in [0.2, 0.25) is 0 Å². The van der Waals surface area contributed by atoms with Gasteiger partial charge < -0.3 is 30.0 Å². The first-order chi connectivity index (χ1) is 16.2. The Morgan fingerprint density at radius 3 is 2.79 bits per heavy atom. The number of aliphatic hydroxyl groups is 1. The van der Waals surface area contributed by atoms with Crippen LogP contribution in [0.4, 0.5) is 0 Å². The molecule has 0 amide bonds. The molecule has 0 saturated carbocycles. The van der Waals surface area contributed by atoms with Crippen molar-refractivity contribution in [1.82, 2.24) is 5.32 Å². The molecule has 0 aromatic heterocycles. The van der Waals surface area contributed by atoms with Crippen molar-refractivity contribution < 1.29 is 24.1 Å². The molecule has 7 heteroatoms. The summed E-state index contributed by atoms with van der Waals surface area (Å²) in [5, 5.41) is 20.5. The lowest BCUT2D eigenvalue weighted by Crippen LogP contribution is -2.52. The van der Waals surface area contributed by atoms with Gasteiger partial charge in [0.1, 0.15) is 5.75 Å². The Hall–Kier alpha value is -2.48. The van der Waals surface area contributed by atoms with E-state index in [1.54, 1.807) is 0 Å². The third kappa shape index (κ3) is 8.42. The second kappa shape index (κ2) is 13.9. The van der Waals surface area contributed by atoms with E-state index in [-0.39, 0.29) is 30.0 Å². The predicted molar refractivity (Wildman–Crippen MR) is 127 cm³/mol. The monoisotopic (exact) mass is 456 g/mol. The van der Waals surface area contributed by atoms with Gasteiger partial charge in [-0.15, -0.1) is 0 Å². The molecule has 3 rings (SSSR count). The zero-order valence-corrected chi connectivity index (χ0v) is 19.1. The van der Waals surface area contributed by atoms with Crippen LogP contribution >= 0.6 is 0 Å². The van der Waals surface area contributed by atoms with Gasteiger partial charge in [-0.3, -0.25) is 4.79 Å². The molecule has 2 aliphatic heterocycles. The molecule has 2 heterocycles. The molecule has 5 atom stereocenters. The maximum absolute atomic E-state index is 11.8. The molecule has 0 spiro atoms. The fourth-order valence-electron chi connectivity index (χ4n) is 3.95. The Balaban J connectivity index is 1.32. The molecular formula is C26H36N2O5. The number of benzene rings is 1. The Morgan fingerprint density at radius 1 is 1.24 bits per heavy atom. The van der Waals surface area contributed by atoms with Crippen LogP contribution in [0.1, 0.15) is 38.5 Å². The summed E-state index contributed by atoms with van der Waals surface area (Å²) in [4.78, 5) is 11.8. The lowest BCUT2D eigenvalue weighted by molar-refractivity contribution is -0.176. The number of ether oxygens (including phenoxy) is 3. The molecule has 1 aromatic rings. The summed E-state index contributed by atoms with van der Waals surface area (Å²) in [5.74, 6) is 0.857. The summed E-state index contributed by atoms with van der Waals surface area (Å²) >= 11 is 0. The second-order valence-corrected chi connectivity index (χ2v) is 8.50. The van der Waals surface area contributed by atoms with Crippen LogP contribution in [0.5, 0.6) is 5.75 Å². The van der Waals surface area contributed by atoms with Gasteiger partial charge in [-0.05, 0) is 50.8 Å². The van der Waals surface area contributed by atoms with Crippen LogP contribution in [-0.2, 0) is 14.3 Å². The number of nitrogens with one attached hydrogen (secondary N) is 2. The summed E-state index contributed by atoms with van der Waals surface area (Å²) in [7, 11) is 0. The van der Waals surface area contributed by atoms with E-state index < -0.39 is 6.29 Å². The van der Waals surface area contributed by atoms with Gasteiger partial charge in [0.2, 0.25) is 6.29 Å². The van der Waals surface area contributed by atoms with E-state index in [0.29, 0.717) is 26.1 Å². The normalized spacial score (nSPS) is 25.7. The van der Waals surface area contributed by atoms with Gasteiger partial charge in [-0.25, -0.2) is 0 Å². The Labute approximate surface area is 196 Å². The van der Waals surface area contributed by atoms with Crippen LogP contribution in [0.3, 0.4) is 0 Å². The van der Waals surface area contributed by atoms with Crippen molar-refractivity contribution >= 4 is 12.2 Å². The first-order valence-corrected chi connectivity index (χ1v) is 11.9. The van der Waals surface area contributed by atoms with Crippen molar-refractivity contribution in [2.45, 2.75) is 57.0 Å². The molecule has 7 nitrogen and oxygen atoms in total. The Morgan fingerprint density at radius 2 is 2.06 bits per heavy atom. The van der Waals surface area contributed by atoms with Gasteiger partial charge >= 0.3 is 5.97 Å². The number of aliphatic hydroxyl groups excluding tert-OH is 1. The molecule has 2 aliphatic rings. The summed E-state index contributed by atoms with van der Waals surface area (Å²) in [6, 6.07) is 9.64. The fraction of sp³-hybridized carbons (Fsp3) is 0.538. The minimum atomic E-state index is -1.04. The van der Waals surface area contributed by atoms with E-state index in [9.17, 15) is 9.90 Å². The fourth-order valence-corrected chi connectivity index (χ4v) is 3.95. The zero-order chi connectivity index (χ0) is 23.3. The van der Waals surface area contributed by atoms with Crippen molar-refractivity contribution in [2.24, 2.45) is 11.8 Å². The van der Waals surface area contributed by atoms with Crippen molar-refractivity contribution in [2.75, 3.05) is 19.8 Å². The number of hydrogen-bond acceptors (Lipinski definition) is 7. The molecule has 33 heavy (non-hydrogen) atoms. The van der Waals surface area contributed by atoms with Crippen LogP contribution in [0, 0.1) is 17.2 Å². The zero-order valence-electron chi connectivity index (χ0n) is 19.1. The minimum absolute atomic E-state index is 0.00504. The smallest absolute Gasteiger partial charge is 0.308 e. The summed E-state index contributed by atoms with van der Waals surface area (Å²) in [6.07, 6.45) is 13.0. The van der Waals surface area contributed by atoms with E-state index in [2.05, 4.69) is 29.6 Å². The minimum Gasteiger partial charge on any atom is -0.493 e. The van der Waals surface area contributed by atoms with E-state index in [1.165, 1.54) is 6.21 Å². The predicted octanol–water partition coefficient (Wildman–Crippen LogP) is 3.63. The van der Waals surface area contributed by atoms with Crippen LogP contribution in [0.25, 0.3) is 0 Å². The maximum Gasteiger partial charge on any atom is 0.308 e. The first kappa shape index (κ1) is 25.1. The summed E-state index contributed by atoms with van der Waals surface area (Å²) in [5.41, 5.74) is 0. The van der Waals surface area contributed by atoms with Gasteiger partial charge in [0.15, 0.2) is 0 Å². The van der Waals surface area contributed by atoms with Gasteiger partial charge in [0.25, 0.3) is 0 Å². The lowest BCUT2D eigenvalue weighted by Gasteiger charge is -2.31. The molecule has 2 fully saturated rings. The lowest BCUT2D eigenvalue weighted by atomic mass is 9.88. The topological polar surface area (TPSA) is 101 Å². The number of hydrogen-bond donors (Lipinski definition) is 3. The van der Waals surface area contributed by atoms with Crippen LogP contribution in [-0.4, -0.2) is 55.5 Å². The number of carbonyl (C=O) groups is 1. The molecule has 3 unspecified atom stereocenters. The average Bonchev–Trinajstić information content (AvgIpc) is 3.17. The van der Waals surface area contributed by atoms with Crippen molar-refractivity contribution in [3.63, 3.8) is 0 Å². The van der Waals surface area contributed by atoms with E-state index in [4.69, 9.17) is 19.6 Å². The number of allylic oxidation sites excluding steroid dienone is 2. The molecule has 1 aromatic carbocycles. The van der Waals surface area contributed by atoms with E-state index in [1.807, 2.05) is 30.3 Å². The summed E-state index contributed by atoms with van der Waals surface area (Å²) in [6.45, 7) is 2.04. The van der Waals surface area contributed by atoms with Gasteiger partial charge in [-0.1, -0.05) is 42.5 Å². The van der Waals surface area contributed by atoms with Crippen molar-refractivity contribution in [3.8, 4) is 5.75 Å². The highest BCUT2D eigenvalue weighted by atomic mass is 16.6. The van der Waals surface area contributed by atoms with E-state index in [0.717, 1.165) is 38.0 Å². The number of carbonyl (C=O) groups excluding carboxylic acids is 1. The SMILES string of the molecule is N=CC1CO[C@H](/C=C/CCOc2ccccc2)[C@H]1C/C=C\CCCC(=O)OC(O)C1CCN1. The molecule has 0 radical (unpaired) electrons. The average molecular weight is 457 g/mol. The Kier molecular flexibility index (Phi) is 10.6. The Bertz CT molecular complexity index is 778. The molecule has 0 bridgehead atoms. The number of para-hydroxylation sites is 1. The van der Waals surface area contributed by atoms with E-state index >= 15 is 0 Å². The van der Waals surface area contributed by atoms with Crippen molar-refractivity contribution in [1.29, 1.82) is 5.41 Å². The van der Waals surface area contributed by atoms with Gasteiger partial charge in [-0.2, -0.15) is 0 Å². The largest absolute Gasteiger partial charge is 0.493 e. The summed E-state index contributed by atoms with van der Waals surface area (Å²) < 4.78 is 16.7. The highest BCUT2D eigenvalue weighted by molar-refractivity contribution is 5.69. The highest BCUT2D eigenvalue weighted by Gasteiger charge is 2.33. The van der Waals surface area contributed by atoms with Crippen LogP contribution < -0.4 is 10.1 Å². The van der Waals surface area contributed by atoms with Crippen molar-refractivity contribution in [3.05, 3.63) is 54.6 Å². The molecule has 3 N–H and O–H groups in total. The first-order valence-electron chi connectivity index (χ1n) is 11.9. The highest BCUT2D eigenvalue weighted by Crippen LogP contribution is 2.30. The quantitative estimate of drug-likeness (QED) is 0.130. The molecular weight excluding hydrogens is 420 g/mol. The molecule has 0 aliphatic carbocycles. The number of rotatable bonds is 14. The number of unbranched alkanes of at least 4 members (excludes halogenated alkanes) is 1. The standard InChI is InChI=1S/C26H36N2O5/c27-18-20-19-32-24(13-8-9-17-31-21-10-4-3-5-11-21)22(20)12-6-1-2-7-14-25(29)33-26(30)23-15-16-28-23/h1,3-6,8,10-11,13,18,20,22-24,26-28,30H,2,7,9,12,14-17,19H2/b6-1-,13-8+,27-18?/t20?,22-,23?,24+,26?/m0/s1. The second-order valence-electron chi connectivity index (χ2n) is 8.50. The van der Waals surface area contributed by atoms with Gasteiger partial charge in [0.05, 0.1) is 25.4 Å². The molecule has 180 valence electrons. The molecule has 2 saturated heterocycles. The van der Waals surface area contributed by atoms with Gasteiger partial charge in [0, 0.05) is 24.5 Å². The number of esters is 1. The third-order valence-corrected chi connectivity index (χ3v) is 6.07. The third-order valence-electron chi connectivity index (χ3n) is 6.07. The van der Waals surface area contributed by atoms with Crippen LogP contribution in [0.15, 0.2) is 54.6 Å². The maximum atomic E-state index is 11.8.